The predicted octanol–water partition coefficient (Wildman–Crippen LogP) is 2.03. The van der Waals surface area contributed by atoms with Crippen LogP contribution >= 0.6 is 10.7 Å². The number of halogens is 1. The summed E-state index contributed by atoms with van der Waals surface area (Å²) in [6.07, 6.45) is -0.0940. The van der Waals surface area contributed by atoms with Crippen LogP contribution < -0.4 is 4.74 Å². The second-order valence-corrected chi connectivity index (χ2v) is 5.86. The maximum Gasteiger partial charge on any atom is 0.261 e. The third-order valence-corrected chi connectivity index (χ3v) is 3.21. The second kappa shape index (κ2) is 5.52. The third kappa shape index (κ3) is 4.00. The molecule has 16 heavy (non-hydrogen) atoms. The average Bonchev–Trinajstić information content (AvgIpc) is 2.17. The number of benzene rings is 1. The SMILES string of the molecule is COCC(C)Oc1ccc(S(=O)(=O)Cl)cc1. The average molecular weight is 265 g/mol. The van der Waals surface area contributed by atoms with Crippen molar-refractivity contribution in [2.45, 2.75) is 17.9 Å². The molecule has 0 fully saturated rings. The first-order valence-corrected chi connectivity index (χ1v) is 6.94. The van der Waals surface area contributed by atoms with E-state index in [1.165, 1.54) is 12.1 Å². The molecule has 0 amide bonds. The Labute approximate surface area is 99.6 Å². The summed E-state index contributed by atoms with van der Waals surface area (Å²) < 4.78 is 32.3. The summed E-state index contributed by atoms with van der Waals surface area (Å²) in [5, 5.41) is 0. The van der Waals surface area contributed by atoms with Crippen LogP contribution in [0.25, 0.3) is 0 Å². The molecule has 1 aromatic rings. The van der Waals surface area contributed by atoms with Gasteiger partial charge in [-0.2, -0.15) is 0 Å². The van der Waals surface area contributed by atoms with Crippen molar-refractivity contribution in [1.29, 1.82) is 0 Å². The van der Waals surface area contributed by atoms with Gasteiger partial charge in [-0.15, -0.1) is 0 Å². The van der Waals surface area contributed by atoms with Crippen molar-refractivity contribution in [1.82, 2.24) is 0 Å². The summed E-state index contributed by atoms with van der Waals surface area (Å²) >= 11 is 0. The zero-order valence-electron chi connectivity index (χ0n) is 9.01. The number of hydrogen-bond donors (Lipinski definition) is 0. The van der Waals surface area contributed by atoms with Crippen molar-refractivity contribution < 1.29 is 17.9 Å². The highest BCUT2D eigenvalue weighted by molar-refractivity contribution is 8.13. The molecule has 0 heterocycles. The van der Waals surface area contributed by atoms with Crippen LogP contribution in [0.4, 0.5) is 0 Å². The fourth-order valence-corrected chi connectivity index (χ4v) is 1.95. The first-order chi connectivity index (χ1) is 7.43. The van der Waals surface area contributed by atoms with E-state index in [1.54, 1.807) is 19.2 Å². The minimum absolute atomic E-state index is 0.0564. The van der Waals surface area contributed by atoms with Gasteiger partial charge in [-0.1, -0.05) is 0 Å². The van der Waals surface area contributed by atoms with Gasteiger partial charge >= 0.3 is 0 Å². The van der Waals surface area contributed by atoms with Crippen molar-refractivity contribution in [2.24, 2.45) is 0 Å². The molecule has 0 saturated carbocycles. The summed E-state index contributed by atoms with van der Waals surface area (Å²) in [7, 11) is 3.10. The molecule has 0 radical (unpaired) electrons. The van der Waals surface area contributed by atoms with Gasteiger partial charge in [0.15, 0.2) is 0 Å². The Kier molecular flexibility index (Phi) is 4.58. The Balaban J connectivity index is 2.72. The molecule has 1 unspecified atom stereocenters. The first-order valence-electron chi connectivity index (χ1n) is 4.64. The van der Waals surface area contributed by atoms with Crippen molar-refractivity contribution in [3.8, 4) is 5.75 Å². The second-order valence-electron chi connectivity index (χ2n) is 3.29. The van der Waals surface area contributed by atoms with Crippen LogP contribution in [0.1, 0.15) is 6.92 Å². The van der Waals surface area contributed by atoms with E-state index in [-0.39, 0.29) is 11.0 Å². The highest BCUT2D eigenvalue weighted by Gasteiger charge is 2.10. The van der Waals surface area contributed by atoms with Gasteiger partial charge < -0.3 is 9.47 Å². The molecule has 0 spiro atoms. The van der Waals surface area contributed by atoms with Crippen LogP contribution in [0.15, 0.2) is 29.2 Å². The molecule has 1 aromatic carbocycles. The molecule has 0 bridgehead atoms. The largest absolute Gasteiger partial charge is 0.488 e. The molecule has 6 heteroatoms. The highest BCUT2D eigenvalue weighted by atomic mass is 35.7. The van der Waals surface area contributed by atoms with Gasteiger partial charge in [0.1, 0.15) is 11.9 Å². The lowest BCUT2D eigenvalue weighted by atomic mass is 10.3. The van der Waals surface area contributed by atoms with E-state index in [9.17, 15) is 8.42 Å². The molecule has 0 saturated heterocycles. The zero-order chi connectivity index (χ0) is 12.2. The Morgan fingerprint density at radius 1 is 1.31 bits per heavy atom. The molecule has 0 N–H and O–H groups in total. The van der Waals surface area contributed by atoms with E-state index in [2.05, 4.69) is 0 Å². The van der Waals surface area contributed by atoms with E-state index in [1.807, 2.05) is 6.92 Å². The van der Waals surface area contributed by atoms with E-state index in [0.29, 0.717) is 12.4 Å². The van der Waals surface area contributed by atoms with E-state index in [0.717, 1.165) is 0 Å². The van der Waals surface area contributed by atoms with Gasteiger partial charge in [-0.3, -0.25) is 0 Å². The van der Waals surface area contributed by atoms with E-state index >= 15 is 0 Å². The fourth-order valence-electron chi connectivity index (χ4n) is 1.18. The molecule has 1 rings (SSSR count). The molecule has 0 aliphatic rings. The van der Waals surface area contributed by atoms with Crippen molar-refractivity contribution in [3.05, 3.63) is 24.3 Å². The van der Waals surface area contributed by atoms with Gasteiger partial charge in [0.25, 0.3) is 9.05 Å². The molecule has 0 aliphatic carbocycles. The van der Waals surface area contributed by atoms with Gasteiger partial charge in [0.2, 0.25) is 0 Å². The van der Waals surface area contributed by atoms with Crippen LogP contribution in [-0.2, 0) is 13.8 Å². The number of methoxy groups -OCH3 is 1. The first kappa shape index (κ1) is 13.3. The number of rotatable bonds is 5. The lowest BCUT2D eigenvalue weighted by molar-refractivity contribution is 0.0920. The summed E-state index contributed by atoms with van der Waals surface area (Å²) in [4.78, 5) is 0.0564. The molecular weight excluding hydrogens is 252 g/mol. The van der Waals surface area contributed by atoms with Gasteiger partial charge in [-0.25, -0.2) is 8.42 Å². The van der Waals surface area contributed by atoms with Crippen LogP contribution in [-0.4, -0.2) is 28.2 Å². The Morgan fingerprint density at radius 3 is 2.31 bits per heavy atom. The van der Waals surface area contributed by atoms with E-state index < -0.39 is 9.05 Å². The minimum Gasteiger partial charge on any atom is -0.488 e. The normalized spacial score (nSPS) is 13.4. The Hall–Kier alpha value is -0.780. The lowest BCUT2D eigenvalue weighted by Gasteiger charge is -2.13. The summed E-state index contributed by atoms with van der Waals surface area (Å²) in [5.74, 6) is 0.577. The van der Waals surface area contributed by atoms with Crippen LogP contribution in [0.5, 0.6) is 5.75 Å². The van der Waals surface area contributed by atoms with Crippen LogP contribution in [0.3, 0.4) is 0 Å². The van der Waals surface area contributed by atoms with Gasteiger partial charge in [-0.05, 0) is 31.2 Å². The molecule has 4 nitrogen and oxygen atoms in total. The highest BCUT2D eigenvalue weighted by Crippen LogP contribution is 2.19. The Bertz CT molecular complexity index is 427. The fraction of sp³-hybridized carbons (Fsp3) is 0.400. The maximum absolute atomic E-state index is 11.0. The summed E-state index contributed by atoms with van der Waals surface area (Å²) in [6.45, 7) is 2.32. The van der Waals surface area contributed by atoms with Crippen molar-refractivity contribution in [3.63, 3.8) is 0 Å². The molecule has 0 aliphatic heterocycles. The van der Waals surface area contributed by atoms with Gasteiger partial charge in [0.05, 0.1) is 11.5 Å². The molecular formula is C10H13ClO4S. The lowest BCUT2D eigenvalue weighted by Crippen LogP contribution is -2.17. The number of ether oxygens (including phenoxy) is 2. The third-order valence-electron chi connectivity index (χ3n) is 1.84. The van der Waals surface area contributed by atoms with Crippen LogP contribution in [0.2, 0.25) is 0 Å². The van der Waals surface area contributed by atoms with Crippen LogP contribution in [0, 0.1) is 0 Å². The zero-order valence-corrected chi connectivity index (χ0v) is 10.6. The maximum atomic E-state index is 11.0. The molecule has 0 aromatic heterocycles. The summed E-state index contributed by atoms with van der Waals surface area (Å²) in [5.41, 5.74) is 0. The smallest absolute Gasteiger partial charge is 0.261 e. The Morgan fingerprint density at radius 2 is 1.88 bits per heavy atom. The topological polar surface area (TPSA) is 52.6 Å². The monoisotopic (exact) mass is 264 g/mol. The number of hydrogen-bond acceptors (Lipinski definition) is 4. The molecule has 1 atom stereocenters. The van der Waals surface area contributed by atoms with E-state index in [4.69, 9.17) is 20.2 Å². The summed E-state index contributed by atoms with van der Waals surface area (Å²) in [6, 6.07) is 5.91. The molecule has 90 valence electrons. The van der Waals surface area contributed by atoms with Gasteiger partial charge in [0, 0.05) is 17.8 Å². The quantitative estimate of drug-likeness (QED) is 0.764. The standard InChI is InChI=1S/C10H13ClO4S/c1-8(7-14-2)15-9-3-5-10(6-4-9)16(11,12)13/h3-6,8H,7H2,1-2H3. The van der Waals surface area contributed by atoms with Crippen molar-refractivity contribution in [2.75, 3.05) is 13.7 Å². The predicted molar refractivity (Wildman–Crippen MR) is 61.4 cm³/mol. The minimum atomic E-state index is -3.67. The van der Waals surface area contributed by atoms with Crippen molar-refractivity contribution >= 4 is 19.7 Å².